The first-order chi connectivity index (χ1) is 11.4. The lowest BCUT2D eigenvalue weighted by molar-refractivity contribution is -0.141. The second kappa shape index (κ2) is 6.94. The molecule has 0 unspecified atom stereocenters. The van der Waals surface area contributed by atoms with Crippen LogP contribution in [0.2, 0.25) is 0 Å². The number of nitrogens with zero attached hydrogens (tertiary/aromatic N) is 4. The van der Waals surface area contributed by atoms with E-state index in [0.29, 0.717) is 25.3 Å². The predicted molar refractivity (Wildman–Crippen MR) is 80.2 cm³/mol. The number of aromatic nitrogens is 4. The van der Waals surface area contributed by atoms with Crippen LogP contribution in [0.25, 0.3) is 0 Å². The van der Waals surface area contributed by atoms with E-state index in [2.05, 4.69) is 20.2 Å². The molecular formula is C15H20F3N5O. The van der Waals surface area contributed by atoms with Crippen LogP contribution in [0.1, 0.15) is 30.1 Å². The minimum atomic E-state index is -4.43. The summed E-state index contributed by atoms with van der Waals surface area (Å²) in [4.78, 5) is 2.08. The van der Waals surface area contributed by atoms with Gasteiger partial charge in [-0.05, 0) is 31.5 Å². The first-order valence-electron chi connectivity index (χ1n) is 7.92. The molecule has 1 saturated heterocycles. The van der Waals surface area contributed by atoms with E-state index in [-0.39, 0.29) is 5.92 Å². The number of aliphatic hydroxyl groups is 1. The van der Waals surface area contributed by atoms with Gasteiger partial charge in [0.1, 0.15) is 0 Å². The second-order valence-electron chi connectivity index (χ2n) is 6.19. The van der Waals surface area contributed by atoms with Gasteiger partial charge >= 0.3 is 6.18 Å². The molecule has 0 radical (unpaired) electrons. The van der Waals surface area contributed by atoms with Crippen LogP contribution in [0.5, 0.6) is 0 Å². The van der Waals surface area contributed by atoms with Gasteiger partial charge in [-0.1, -0.05) is 0 Å². The van der Waals surface area contributed by atoms with Gasteiger partial charge in [0.2, 0.25) is 0 Å². The van der Waals surface area contributed by atoms with Crippen molar-refractivity contribution in [3.8, 4) is 0 Å². The number of aromatic amines is 1. The summed E-state index contributed by atoms with van der Waals surface area (Å²) in [7, 11) is 0. The molecule has 1 aliphatic heterocycles. The summed E-state index contributed by atoms with van der Waals surface area (Å²) >= 11 is 0. The fourth-order valence-electron chi connectivity index (χ4n) is 3.15. The van der Waals surface area contributed by atoms with Crippen molar-refractivity contribution in [3.63, 3.8) is 0 Å². The normalized spacial score (nSPS) is 21.1. The van der Waals surface area contributed by atoms with Gasteiger partial charge in [0.05, 0.1) is 12.6 Å². The molecule has 3 heterocycles. The molecule has 24 heavy (non-hydrogen) atoms. The highest BCUT2D eigenvalue weighted by Crippen LogP contribution is 2.32. The summed E-state index contributed by atoms with van der Waals surface area (Å²) in [6, 6.07) is 2.88. The number of nitrogens with one attached hydrogen (secondary N) is 1. The first-order valence-corrected chi connectivity index (χ1v) is 7.92. The number of likely N-dealkylation sites (tertiary alicyclic amines) is 1. The molecule has 0 amide bonds. The van der Waals surface area contributed by atoms with Gasteiger partial charge in [-0.2, -0.15) is 23.4 Å². The molecule has 0 aliphatic carbocycles. The van der Waals surface area contributed by atoms with E-state index in [0.717, 1.165) is 25.5 Å². The lowest BCUT2D eigenvalue weighted by Gasteiger charge is -2.33. The Hall–Kier alpha value is -1.87. The van der Waals surface area contributed by atoms with Crippen molar-refractivity contribution in [2.24, 2.45) is 0 Å². The fourth-order valence-corrected chi connectivity index (χ4v) is 3.15. The van der Waals surface area contributed by atoms with Gasteiger partial charge in [0.25, 0.3) is 0 Å². The zero-order valence-corrected chi connectivity index (χ0v) is 13.1. The van der Waals surface area contributed by atoms with Crippen molar-refractivity contribution in [1.82, 2.24) is 24.9 Å². The molecule has 6 nitrogen and oxygen atoms in total. The third-order valence-corrected chi connectivity index (χ3v) is 4.26. The number of β-amino-alcohol motifs (C(OH)–C–C–N with tert-alkyl or cyclic N) is 1. The summed E-state index contributed by atoms with van der Waals surface area (Å²) in [6.07, 6.45) is 0.121. The van der Waals surface area contributed by atoms with Crippen LogP contribution in [-0.2, 0) is 12.7 Å². The quantitative estimate of drug-likeness (QED) is 0.870. The summed E-state index contributed by atoms with van der Waals surface area (Å²) in [5.41, 5.74) is -0.373. The largest absolute Gasteiger partial charge is 0.435 e. The Labute approximate surface area is 137 Å². The van der Waals surface area contributed by atoms with E-state index in [1.165, 1.54) is 0 Å². The highest BCUT2D eigenvalue weighted by Gasteiger charge is 2.35. The van der Waals surface area contributed by atoms with Crippen LogP contribution in [0, 0.1) is 0 Å². The van der Waals surface area contributed by atoms with E-state index in [9.17, 15) is 18.3 Å². The molecule has 2 aromatic heterocycles. The number of H-pyrrole nitrogens is 1. The molecule has 132 valence electrons. The second-order valence-corrected chi connectivity index (χ2v) is 6.19. The lowest BCUT2D eigenvalue weighted by atomic mass is 9.94. The van der Waals surface area contributed by atoms with E-state index >= 15 is 0 Å². The molecule has 2 aromatic rings. The highest BCUT2D eigenvalue weighted by atomic mass is 19.4. The summed E-state index contributed by atoms with van der Waals surface area (Å²) in [5, 5.41) is 20.1. The number of piperidine rings is 1. The third-order valence-electron chi connectivity index (χ3n) is 4.26. The average Bonchev–Trinajstić information content (AvgIpc) is 3.17. The zero-order chi connectivity index (χ0) is 17.2. The van der Waals surface area contributed by atoms with E-state index in [1.807, 2.05) is 0 Å². The molecule has 0 bridgehead atoms. The lowest BCUT2D eigenvalue weighted by Crippen LogP contribution is -2.40. The number of halogens is 3. The van der Waals surface area contributed by atoms with E-state index in [1.54, 1.807) is 23.1 Å². The third kappa shape index (κ3) is 4.15. The smallest absolute Gasteiger partial charge is 0.390 e. The number of hydrogen-bond acceptors (Lipinski definition) is 4. The average molecular weight is 343 g/mol. The molecule has 1 fully saturated rings. The molecule has 2 N–H and O–H groups in total. The first kappa shape index (κ1) is 17.0. The number of hydrogen-bond donors (Lipinski definition) is 2. The maximum atomic E-state index is 12.7. The van der Waals surface area contributed by atoms with Gasteiger partial charge in [0.15, 0.2) is 5.69 Å². The predicted octanol–water partition coefficient (Wildman–Crippen LogP) is 1.87. The summed E-state index contributed by atoms with van der Waals surface area (Å²) in [6.45, 7) is 2.30. The Balaban J connectivity index is 1.57. The molecule has 2 atom stereocenters. The van der Waals surface area contributed by atoms with Gasteiger partial charge in [-0.3, -0.25) is 9.78 Å². The van der Waals surface area contributed by atoms with Crippen LogP contribution in [0.15, 0.2) is 24.5 Å². The van der Waals surface area contributed by atoms with Crippen LogP contribution in [0.4, 0.5) is 13.2 Å². The van der Waals surface area contributed by atoms with Crippen molar-refractivity contribution in [3.05, 3.63) is 35.9 Å². The van der Waals surface area contributed by atoms with Crippen molar-refractivity contribution in [2.75, 3.05) is 19.6 Å². The molecule has 3 rings (SSSR count). The van der Waals surface area contributed by atoms with Crippen LogP contribution in [-0.4, -0.2) is 55.7 Å². The van der Waals surface area contributed by atoms with Gasteiger partial charge in [0, 0.05) is 37.1 Å². The molecule has 9 heteroatoms. The summed E-state index contributed by atoms with van der Waals surface area (Å²) in [5.74, 6) is -0.0285. The Morgan fingerprint density at radius 2 is 2.21 bits per heavy atom. The maximum Gasteiger partial charge on any atom is 0.435 e. The Morgan fingerprint density at radius 1 is 1.38 bits per heavy atom. The monoisotopic (exact) mass is 343 g/mol. The standard InChI is InChI=1S/C15H20F3N5O/c16-15(17,18)14-7-13(20-21-14)11-3-1-5-22(8-11)9-12(24)10-23-6-2-4-19-23/h2,4,6-7,11-12,24H,1,3,5,8-10H2,(H,20,21)/t11-,12-/m0/s1. The minimum absolute atomic E-state index is 0.0285. The van der Waals surface area contributed by atoms with Crippen molar-refractivity contribution in [2.45, 2.75) is 37.6 Å². The van der Waals surface area contributed by atoms with Crippen molar-refractivity contribution < 1.29 is 18.3 Å². The van der Waals surface area contributed by atoms with Gasteiger partial charge in [-0.15, -0.1) is 0 Å². The van der Waals surface area contributed by atoms with Crippen molar-refractivity contribution in [1.29, 1.82) is 0 Å². The molecule has 0 saturated carbocycles. The number of aliphatic hydroxyl groups excluding tert-OH is 1. The number of alkyl halides is 3. The molecular weight excluding hydrogens is 323 g/mol. The Bertz CT molecular complexity index is 640. The number of rotatable bonds is 5. The van der Waals surface area contributed by atoms with Crippen LogP contribution >= 0.6 is 0 Å². The van der Waals surface area contributed by atoms with Gasteiger partial charge < -0.3 is 10.0 Å². The Kier molecular flexibility index (Phi) is 4.91. The Morgan fingerprint density at radius 3 is 2.88 bits per heavy atom. The topological polar surface area (TPSA) is 70.0 Å². The van der Waals surface area contributed by atoms with Crippen molar-refractivity contribution >= 4 is 0 Å². The van der Waals surface area contributed by atoms with Crippen LogP contribution < -0.4 is 0 Å². The fraction of sp³-hybridized carbons (Fsp3) is 0.600. The minimum Gasteiger partial charge on any atom is -0.390 e. The molecule has 0 aromatic carbocycles. The highest BCUT2D eigenvalue weighted by molar-refractivity contribution is 5.16. The maximum absolute atomic E-state index is 12.7. The molecule has 1 aliphatic rings. The van der Waals surface area contributed by atoms with E-state index < -0.39 is 18.0 Å². The van der Waals surface area contributed by atoms with Gasteiger partial charge in [-0.25, -0.2) is 0 Å². The zero-order valence-electron chi connectivity index (χ0n) is 13.1. The molecule has 0 spiro atoms. The van der Waals surface area contributed by atoms with Crippen LogP contribution in [0.3, 0.4) is 0 Å². The summed E-state index contributed by atoms with van der Waals surface area (Å²) < 4.78 is 39.7. The SMILES string of the molecule is O[C@@H](CN1CCC[C@H](c2cc(C(F)(F)F)n[nH]2)C1)Cn1cccn1. The van der Waals surface area contributed by atoms with E-state index in [4.69, 9.17) is 0 Å².